The molecule has 3 aliphatic rings. The molecule has 3 aliphatic heterocycles. The minimum atomic E-state index is 0.334. The molecule has 8 heteroatoms. The van der Waals surface area contributed by atoms with Gasteiger partial charge in [0.2, 0.25) is 5.28 Å². The first-order valence-electron chi connectivity index (χ1n) is 9.43. The second kappa shape index (κ2) is 6.87. The molecule has 140 valence electrons. The molecule has 0 aromatic carbocycles. The summed E-state index contributed by atoms with van der Waals surface area (Å²) in [6.45, 7) is 8.95. The van der Waals surface area contributed by atoms with Crippen molar-refractivity contribution in [2.24, 2.45) is 5.41 Å². The van der Waals surface area contributed by atoms with Gasteiger partial charge in [-0.3, -0.25) is 4.90 Å². The minimum Gasteiger partial charge on any atom is -0.378 e. The second-order valence-corrected chi connectivity index (χ2v) is 9.20. The second-order valence-electron chi connectivity index (χ2n) is 7.73. The average molecular weight is 394 g/mol. The van der Waals surface area contributed by atoms with Crippen molar-refractivity contribution in [3.8, 4) is 0 Å². The van der Waals surface area contributed by atoms with Gasteiger partial charge in [0.05, 0.1) is 23.4 Å². The lowest BCUT2D eigenvalue weighted by Crippen LogP contribution is -2.36. The minimum absolute atomic E-state index is 0.334. The predicted octanol–water partition coefficient (Wildman–Crippen LogP) is 2.37. The van der Waals surface area contributed by atoms with Gasteiger partial charge in [0, 0.05) is 37.6 Å². The molecule has 3 saturated heterocycles. The zero-order chi connectivity index (χ0) is 17.6. The van der Waals surface area contributed by atoms with Crippen molar-refractivity contribution in [3.63, 3.8) is 0 Å². The molecule has 0 saturated carbocycles. The van der Waals surface area contributed by atoms with Crippen LogP contribution >= 0.6 is 22.9 Å². The van der Waals surface area contributed by atoms with Gasteiger partial charge in [0.1, 0.15) is 0 Å². The number of hydrogen-bond acceptors (Lipinski definition) is 7. The molecule has 0 bridgehead atoms. The van der Waals surface area contributed by atoms with Crippen LogP contribution in [-0.2, 0) is 11.3 Å². The molecule has 1 N–H and O–H groups in total. The molecule has 1 atom stereocenters. The Kier molecular flexibility index (Phi) is 4.53. The highest BCUT2D eigenvalue weighted by atomic mass is 35.5. The third-order valence-electron chi connectivity index (χ3n) is 5.92. The van der Waals surface area contributed by atoms with Crippen LogP contribution in [0.25, 0.3) is 10.2 Å². The number of nitrogens with zero attached hydrogens (tertiary/aromatic N) is 4. The maximum atomic E-state index is 6.21. The highest BCUT2D eigenvalue weighted by Gasteiger charge is 2.40. The molecule has 6 nitrogen and oxygen atoms in total. The molecule has 0 aliphatic carbocycles. The number of thiophene rings is 1. The van der Waals surface area contributed by atoms with Crippen molar-refractivity contribution in [2.45, 2.75) is 19.4 Å². The monoisotopic (exact) mass is 393 g/mol. The van der Waals surface area contributed by atoms with Gasteiger partial charge in [-0.05, 0) is 49.0 Å². The van der Waals surface area contributed by atoms with Gasteiger partial charge in [0.15, 0.2) is 5.82 Å². The van der Waals surface area contributed by atoms with Crippen molar-refractivity contribution in [3.05, 3.63) is 16.2 Å². The number of rotatable bonds is 3. The van der Waals surface area contributed by atoms with Crippen molar-refractivity contribution >= 4 is 39.0 Å². The Morgan fingerprint density at radius 1 is 1.23 bits per heavy atom. The third kappa shape index (κ3) is 3.20. The third-order valence-corrected chi connectivity index (χ3v) is 7.19. The van der Waals surface area contributed by atoms with Crippen LogP contribution in [0.3, 0.4) is 0 Å². The molecule has 1 unspecified atom stereocenters. The van der Waals surface area contributed by atoms with Crippen molar-refractivity contribution in [1.82, 2.24) is 20.2 Å². The van der Waals surface area contributed by atoms with E-state index < -0.39 is 0 Å². The smallest absolute Gasteiger partial charge is 0.224 e. The Bertz CT molecular complexity index is 800. The predicted molar refractivity (Wildman–Crippen MR) is 105 cm³/mol. The van der Waals surface area contributed by atoms with Crippen LogP contribution in [0.2, 0.25) is 5.28 Å². The van der Waals surface area contributed by atoms with Gasteiger partial charge in [-0.1, -0.05) is 0 Å². The standard InChI is InChI=1S/C18H24ClN5OS/c19-17-21-14-9-13(10-23-4-2-18(12-23)1-3-20-11-18)26-15(14)16(22-17)24-5-7-25-8-6-24/h9,20H,1-8,10-12H2. The van der Waals surface area contributed by atoms with E-state index in [1.54, 1.807) is 0 Å². The lowest BCUT2D eigenvalue weighted by atomic mass is 9.87. The molecule has 3 fully saturated rings. The highest BCUT2D eigenvalue weighted by Crippen LogP contribution is 2.38. The van der Waals surface area contributed by atoms with Gasteiger partial charge in [-0.2, -0.15) is 4.98 Å². The van der Waals surface area contributed by atoms with Crippen LogP contribution < -0.4 is 10.2 Å². The number of ether oxygens (including phenoxy) is 1. The Hall–Kier alpha value is -0.990. The molecular formula is C18H24ClN5OS. The Labute approximate surface area is 162 Å². The highest BCUT2D eigenvalue weighted by molar-refractivity contribution is 7.19. The SMILES string of the molecule is Clc1nc(N2CCOCC2)c2sc(CN3CCC4(CCNC4)C3)cc2n1. The number of aromatic nitrogens is 2. The lowest BCUT2D eigenvalue weighted by Gasteiger charge is -2.28. The van der Waals surface area contributed by atoms with Crippen molar-refractivity contribution < 1.29 is 4.74 Å². The van der Waals surface area contributed by atoms with Gasteiger partial charge in [-0.25, -0.2) is 4.98 Å². The van der Waals surface area contributed by atoms with Crippen LogP contribution in [0.5, 0.6) is 0 Å². The number of hydrogen-bond donors (Lipinski definition) is 1. The largest absolute Gasteiger partial charge is 0.378 e. The summed E-state index contributed by atoms with van der Waals surface area (Å²) < 4.78 is 6.63. The van der Waals surface area contributed by atoms with Crippen molar-refractivity contribution in [1.29, 1.82) is 0 Å². The Morgan fingerprint density at radius 3 is 2.92 bits per heavy atom. The van der Waals surface area contributed by atoms with Crippen LogP contribution in [0.1, 0.15) is 17.7 Å². The van der Waals surface area contributed by atoms with E-state index in [-0.39, 0.29) is 0 Å². The fourth-order valence-corrected chi connectivity index (χ4v) is 5.86. The molecule has 2 aromatic heterocycles. The fourth-order valence-electron chi connectivity index (χ4n) is 4.53. The molecular weight excluding hydrogens is 370 g/mol. The van der Waals surface area contributed by atoms with E-state index >= 15 is 0 Å². The van der Waals surface area contributed by atoms with Crippen molar-refractivity contribution in [2.75, 3.05) is 57.4 Å². The summed E-state index contributed by atoms with van der Waals surface area (Å²) in [4.78, 5) is 15.2. The van der Waals surface area contributed by atoms with E-state index in [0.29, 0.717) is 10.7 Å². The first-order chi connectivity index (χ1) is 12.7. The summed E-state index contributed by atoms with van der Waals surface area (Å²) in [5.41, 5.74) is 1.49. The summed E-state index contributed by atoms with van der Waals surface area (Å²) in [7, 11) is 0. The van der Waals surface area contributed by atoms with E-state index in [9.17, 15) is 0 Å². The molecule has 0 radical (unpaired) electrons. The van der Waals surface area contributed by atoms with E-state index in [2.05, 4.69) is 31.2 Å². The van der Waals surface area contributed by atoms with Gasteiger partial charge < -0.3 is 15.0 Å². The number of likely N-dealkylation sites (tertiary alicyclic amines) is 1. The number of fused-ring (bicyclic) bond motifs is 1. The Balaban J connectivity index is 1.39. The zero-order valence-corrected chi connectivity index (χ0v) is 16.4. The number of morpholine rings is 1. The van der Waals surface area contributed by atoms with Gasteiger partial charge in [-0.15, -0.1) is 11.3 Å². The molecule has 5 heterocycles. The topological polar surface area (TPSA) is 53.5 Å². The molecule has 5 rings (SSSR count). The van der Waals surface area contributed by atoms with E-state index in [4.69, 9.17) is 16.3 Å². The van der Waals surface area contributed by atoms with Gasteiger partial charge in [0.25, 0.3) is 0 Å². The number of halogens is 1. The van der Waals surface area contributed by atoms with E-state index in [1.807, 2.05) is 11.3 Å². The summed E-state index contributed by atoms with van der Waals surface area (Å²) in [5, 5.41) is 3.87. The summed E-state index contributed by atoms with van der Waals surface area (Å²) in [6.07, 6.45) is 2.63. The molecule has 1 spiro atoms. The van der Waals surface area contributed by atoms with Crippen LogP contribution in [0.15, 0.2) is 6.07 Å². The number of anilines is 1. The quantitative estimate of drug-likeness (QED) is 0.808. The van der Waals surface area contributed by atoms with Gasteiger partial charge >= 0.3 is 0 Å². The summed E-state index contributed by atoms with van der Waals surface area (Å²) in [6, 6.07) is 2.20. The first kappa shape index (κ1) is 17.1. The average Bonchev–Trinajstić information content (AvgIpc) is 3.36. The molecule has 26 heavy (non-hydrogen) atoms. The maximum absolute atomic E-state index is 6.21. The maximum Gasteiger partial charge on any atom is 0.224 e. The Morgan fingerprint density at radius 2 is 2.12 bits per heavy atom. The first-order valence-corrected chi connectivity index (χ1v) is 10.6. The van der Waals surface area contributed by atoms with E-state index in [0.717, 1.165) is 48.9 Å². The fraction of sp³-hybridized carbons (Fsp3) is 0.667. The number of nitrogens with one attached hydrogen (secondary N) is 1. The van der Waals surface area contributed by atoms with Crippen LogP contribution in [0, 0.1) is 5.41 Å². The normalized spacial score (nSPS) is 27.2. The zero-order valence-electron chi connectivity index (χ0n) is 14.8. The van der Waals surface area contributed by atoms with Crippen LogP contribution in [0.4, 0.5) is 5.82 Å². The summed E-state index contributed by atoms with van der Waals surface area (Å²) in [5.74, 6) is 0.970. The van der Waals surface area contributed by atoms with Crippen LogP contribution in [-0.4, -0.2) is 67.4 Å². The summed E-state index contributed by atoms with van der Waals surface area (Å²) >= 11 is 8.03. The van der Waals surface area contributed by atoms with E-state index in [1.165, 1.54) is 43.9 Å². The lowest BCUT2D eigenvalue weighted by molar-refractivity contribution is 0.122. The molecule has 2 aromatic rings. The molecule has 0 amide bonds.